The van der Waals surface area contributed by atoms with Crippen molar-refractivity contribution in [2.24, 2.45) is 0 Å². The lowest BCUT2D eigenvalue weighted by Crippen LogP contribution is -2.25. The van der Waals surface area contributed by atoms with Gasteiger partial charge in [-0.05, 0) is 30.5 Å². The van der Waals surface area contributed by atoms with Crippen molar-refractivity contribution in [1.29, 1.82) is 0 Å². The zero-order valence-electron chi connectivity index (χ0n) is 14.9. The molecule has 0 fully saturated rings. The number of methoxy groups -OCH3 is 2. The fourth-order valence-electron chi connectivity index (χ4n) is 2.75. The minimum absolute atomic E-state index is 0.0653. The Morgan fingerprint density at radius 2 is 2.08 bits per heavy atom. The molecule has 2 heterocycles. The summed E-state index contributed by atoms with van der Waals surface area (Å²) in [6, 6.07) is 5.84. The van der Waals surface area contributed by atoms with E-state index >= 15 is 0 Å². The second kappa shape index (κ2) is 8.66. The summed E-state index contributed by atoms with van der Waals surface area (Å²) in [6.07, 6.45) is 4.38. The summed E-state index contributed by atoms with van der Waals surface area (Å²) < 4.78 is 12.3. The number of nitrogens with one attached hydrogen (secondary N) is 1. The summed E-state index contributed by atoms with van der Waals surface area (Å²) >= 11 is 1.55. The topological polar surface area (TPSA) is 77.8 Å². The third-order valence-electron chi connectivity index (χ3n) is 4.11. The number of nitrogens with zero attached hydrogens (tertiary/aromatic N) is 3. The van der Waals surface area contributed by atoms with Crippen LogP contribution >= 0.6 is 11.3 Å². The summed E-state index contributed by atoms with van der Waals surface area (Å²) in [4.78, 5) is 17.0. The van der Waals surface area contributed by atoms with E-state index in [-0.39, 0.29) is 5.91 Å². The van der Waals surface area contributed by atoms with Gasteiger partial charge in [-0.3, -0.25) is 4.79 Å². The van der Waals surface area contributed by atoms with Crippen LogP contribution in [0.2, 0.25) is 0 Å². The maximum absolute atomic E-state index is 12.0. The van der Waals surface area contributed by atoms with Gasteiger partial charge in [0.15, 0.2) is 11.5 Å². The molecule has 26 heavy (non-hydrogen) atoms. The molecule has 0 aliphatic heterocycles. The third kappa shape index (κ3) is 4.32. The Morgan fingerprint density at radius 1 is 1.23 bits per heavy atom. The fourth-order valence-corrected chi connectivity index (χ4v) is 3.58. The predicted octanol–water partition coefficient (Wildman–Crippen LogP) is 2.49. The number of benzene rings is 1. The van der Waals surface area contributed by atoms with E-state index < -0.39 is 0 Å². The number of aromatic nitrogens is 3. The van der Waals surface area contributed by atoms with E-state index in [0.29, 0.717) is 24.5 Å². The van der Waals surface area contributed by atoms with Crippen molar-refractivity contribution in [3.05, 3.63) is 41.2 Å². The van der Waals surface area contributed by atoms with Gasteiger partial charge in [0.1, 0.15) is 6.33 Å². The monoisotopic (exact) mass is 374 g/mol. The molecule has 0 saturated carbocycles. The van der Waals surface area contributed by atoms with Crippen LogP contribution in [0.25, 0.3) is 4.96 Å². The number of carbonyl (C=O) groups excluding carboxylic acids is 1. The largest absolute Gasteiger partial charge is 0.493 e. The highest BCUT2D eigenvalue weighted by molar-refractivity contribution is 7.15. The quantitative estimate of drug-likeness (QED) is 0.623. The maximum atomic E-state index is 12.0. The lowest BCUT2D eigenvalue weighted by molar-refractivity contribution is -0.121. The van der Waals surface area contributed by atoms with Crippen LogP contribution in [-0.4, -0.2) is 41.3 Å². The van der Waals surface area contributed by atoms with Crippen molar-refractivity contribution in [3.8, 4) is 11.5 Å². The van der Waals surface area contributed by atoms with Crippen LogP contribution in [0, 0.1) is 0 Å². The summed E-state index contributed by atoms with van der Waals surface area (Å²) in [6.45, 7) is 0.598. The molecule has 0 saturated heterocycles. The standard InChI is InChI=1S/C18H22N4O3S/c1-24-15-7-6-13(10-16(15)25-2)4-3-5-17(23)19-9-8-14-11-26-18-20-12-21-22(14)18/h6-7,10-12H,3-5,8-9H2,1-2H3,(H,19,23). The van der Waals surface area contributed by atoms with E-state index in [1.54, 1.807) is 31.9 Å². The Labute approximate surface area is 156 Å². The van der Waals surface area contributed by atoms with Crippen LogP contribution in [0.4, 0.5) is 0 Å². The molecule has 138 valence electrons. The first kappa shape index (κ1) is 18.2. The van der Waals surface area contributed by atoms with Gasteiger partial charge >= 0.3 is 0 Å². The van der Waals surface area contributed by atoms with Gasteiger partial charge in [0.05, 0.1) is 19.9 Å². The summed E-state index contributed by atoms with van der Waals surface area (Å²) in [5, 5.41) is 9.16. The highest BCUT2D eigenvalue weighted by Crippen LogP contribution is 2.28. The molecule has 0 aliphatic carbocycles. The van der Waals surface area contributed by atoms with Gasteiger partial charge in [0, 0.05) is 24.8 Å². The van der Waals surface area contributed by atoms with Crippen LogP contribution in [0.5, 0.6) is 11.5 Å². The van der Waals surface area contributed by atoms with Gasteiger partial charge in [0.2, 0.25) is 10.9 Å². The number of rotatable bonds is 9. The molecule has 0 unspecified atom stereocenters. The van der Waals surface area contributed by atoms with Crippen LogP contribution in [0.1, 0.15) is 24.1 Å². The second-order valence-corrected chi connectivity index (χ2v) is 6.66. The van der Waals surface area contributed by atoms with Crippen LogP contribution in [0.3, 0.4) is 0 Å². The molecule has 1 aromatic carbocycles. The highest BCUT2D eigenvalue weighted by atomic mass is 32.1. The molecule has 8 heteroatoms. The molecule has 0 bridgehead atoms. The first-order valence-corrected chi connectivity index (χ1v) is 9.33. The molecule has 1 N–H and O–H groups in total. The van der Waals surface area contributed by atoms with Crippen molar-refractivity contribution in [2.75, 3.05) is 20.8 Å². The van der Waals surface area contributed by atoms with E-state index in [9.17, 15) is 4.79 Å². The van der Waals surface area contributed by atoms with E-state index in [2.05, 4.69) is 15.4 Å². The minimum atomic E-state index is 0.0653. The minimum Gasteiger partial charge on any atom is -0.493 e. The van der Waals surface area contributed by atoms with E-state index in [1.165, 1.54) is 0 Å². The van der Waals surface area contributed by atoms with Crippen molar-refractivity contribution >= 4 is 22.2 Å². The first-order chi connectivity index (χ1) is 12.7. The molecule has 2 aromatic heterocycles. The average molecular weight is 374 g/mol. The Morgan fingerprint density at radius 3 is 2.88 bits per heavy atom. The molecule has 0 aliphatic rings. The van der Waals surface area contributed by atoms with Crippen molar-refractivity contribution in [1.82, 2.24) is 19.9 Å². The zero-order valence-corrected chi connectivity index (χ0v) is 15.7. The molecule has 7 nitrogen and oxygen atoms in total. The van der Waals surface area contributed by atoms with Crippen LogP contribution in [0.15, 0.2) is 29.9 Å². The molecule has 1 amide bonds. The van der Waals surface area contributed by atoms with Crippen LogP contribution < -0.4 is 14.8 Å². The maximum Gasteiger partial charge on any atom is 0.220 e. The average Bonchev–Trinajstić information content (AvgIpc) is 3.26. The van der Waals surface area contributed by atoms with E-state index in [4.69, 9.17) is 9.47 Å². The molecule has 3 aromatic rings. The Hall–Kier alpha value is -2.61. The molecule has 0 radical (unpaired) electrons. The fraction of sp³-hybridized carbons (Fsp3) is 0.389. The van der Waals surface area contributed by atoms with Crippen LogP contribution in [-0.2, 0) is 17.6 Å². The number of ether oxygens (including phenoxy) is 2. The Kier molecular flexibility index (Phi) is 6.06. The number of aryl methyl sites for hydroxylation is 1. The number of hydrogen-bond acceptors (Lipinski definition) is 6. The lowest BCUT2D eigenvalue weighted by atomic mass is 10.1. The number of carbonyl (C=O) groups is 1. The SMILES string of the molecule is COc1ccc(CCCC(=O)NCCc2csc3ncnn23)cc1OC. The Balaban J connectivity index is 1.39. The van der Waals surface area contributed by atoms with Crippen molar-refractivity contribution in [2.45, 2.75) is 25.7 Å². The normalized spacial score (nSPS) is 10.8. The highest BCUT2D eigenvalue weighted by Gasteiger charge is 2.08. The molecule has 3 rings (SSSR count). The first-order valence-electron chi connectivity index (χ1n) is 8.45. The van der Waals surface area contributed by atoms with E-state index in [1.807, 2.05) is 28.1 Å². The van der Waals surface area contributed by atoms with Gasteiger partial charge < -0.3 is 14.8 Å². The molecule has 0 spiro atoms. The lowest BCUT2D eigenvalue weighted by Gasteiger charge is -2.09. The van der Waals surface area contributed by atoms with Gasteiger partial charge in [-0.2, -0.15) is 5.10 Å². The molecular weight excluding hydrogens is 352 g/mol. The van der Waals surface area contributed by atoms with Crippen molar-refractivity contribution < 1.29 is 14.3 Å². The smallest absolute Gasteiger partial charge is 0.220 e. The predicted molar refractivity (Wildman–Crippen MR) is 100 cm³/mol. The van der Waals surface area contributed by atoms with Gasteiger partial charge in [-0.1, -0.05) is 6.07 Å². The number of thiazole rings is 1. The number of amides is 1. The second-order valence-electron chi connectivity index (χ2n) is 5.82. The summed E-state index contributed by atoms with van der Waals surface area (Å²) in [7, 11) is 3.24. The third-order valence-corrected chi connectivity index (χ3v) is 4.99. The zero-order chi connectivity index (χ0) is 18.4. The van der Waals surface area contributed by atoms with Crippen molar-refractivity contribution in [3.63, 3.8) is 0 Å². The van der Waals surface area contributed by atoms with Gasteiger partial charge in [-0.15, -0.1) is 11.3 Å². The summed E-state index contributed by atoms with van der Waals surface area (Å²) in [5.74, 6) is 1.49. The number of hydrogen-bond donors (Lipinski definition) is 1. The number of fused-ring (bicyclic) bond motifs is 1. The van der Waals surface area contributed by atoms with E-state index in [0.717, 1.165) is 35.5 Å². The van der Waals surface area contributed by atoms with Gasteiger partial charge in [-0.25, -0.2) is 9.50 Å². The molecule has 0 atom stereocenters. The Bertz CT molecular complexity index is 874. The summed E-state index contributed by atoms with van der Waals surface area (Å²) in [5.41, 5.74) is 2.19. The van der Waals surface area contributed by atoms with Gasteiger partial charge in [0.25, 0.3) is 0 Å². The molecular formula is C18H22N4O3S.